The maximum absolute atomic E-state index is 11.8. The van der Waals surface area contributed by atoms with Crippen molar-refractivity contribution in [3.05, 3.63) is 0 Å². The van der Waals surface area contributed by atoms with Crippen LogP contribution in [0.1, 0.15) is 59.8 Å². The van der Waals surface area contributed by atoms with E-state index < -0.39 is 0 Å². The zero-order chi connectivity index (χ0) is 14.5. The molecule has 0 heterocycles. The van der Waals surface area contributed by atoms with E-state index in [1.54, 1.807) is 0 Å². The molecule has 1 amide bonds. The normalized spacial score (nSPS) is 22.8. The standard InChI is InChI=1S/C15H30N2O2/c1-5-12(2)17-13(18)10-19-15(11-16)8-6-14(3,4)7-9-15/h12H,5-11,16H2,1-4H3,(H,17,18). The van der Waals surface area contributed by atoms with E-state index in [-0.39, 0.29) is 24.2 Å². The molecule has 1 aliphatic carbocycles. The summed E-state index contributed by atoms with van der Waals surface area (Å²) in [5, 5.41) is 2.92. The third kappa shape index (κ3) is 5.11. The van der Waals surface area contributed by atoms with E-state index in [4.69, 9.17) is 10.5 Å². The van der Waals surface area contributed by atoms with Gasteiger partial charge in [-0.1, -0.05) is 20.8 Å². The van der Waals surface area contributed by atoms with Gasteiger partial charge in [-0.15, -0.1) is 0 Å². The van der Waals surface area contributed by atoms with Crippen LogP contribution < -0.4 is 11.1 Å². The Hall–Kier alpha value is -0.610. The molecule has 0 saturated heterocycles. The highest BCUT2D eigenvalue weighted by Gasteiger charge is 2.38. The van der Waals surface area contributed by atoms with Gasteiger partial charge in [0.15, 0.2) is 0 Å². The third-order valence-corrected chi connectivity index (χ3v) is 4.42. The van der Waals surface area contributed by atoms with Crippen LogP contribution in [0.4, 0.5) is 0 Å². The number of carbonyl (C=O) groups is 1. The Kier molecular flexibility index (Phi) is 5.81. The summed E-state index contributed by atoms with van der Waals surface area (Å²) >= 11 is 0. The fourth-order valence-electron chi connectivity index (χ4n) is 2.43. The largest absolute Gasteiger partial charge is 0.364 e. The van der Waals surface area contributed by atoms with Crippen molar-refractivity contribution in [2.45, 2.75) is 71.4 Å². The zero-order valence-electron chi connectivity index (χ0n) is 12.9. The maximum Gasteiger partial charge on any atom is 0.246 e. The molecule has 4 nitrogen and oxygen atoms in total. The Bertz CT molecular complexity index is 293. The maximum atomic E-state index is 11.8. The van der Waals surface area contributed by atoms with Gasteiger partial charge < -0.3 is 15.8 Å². The number of rotatable bonds is 6. The lowest BCUT2D eigenvalue weighted by molar-refractivity contribution is -0.138. The molecule has 0 aliphatic heterocycles. The third-order valence-electron chi connectivity index (χ3n) is 4.42. The van der Waals surface area contributed by atoms with Gasteiger partial charge in [0, 0.05) is 12.6 Å². The molecule has 0 aromatic heterocycles. The van der Waals surface area contributed by atoms with Crippen molar-refractivity contribution in [2.75, 3.05) is 13.2 Å². The van der Waals surface area contributed by atoms with E-state index in [0.29, 0.717) is 12.0 Å². The summed E-state index contributed by atoms with van der Waals surface area (Å²) in [4.78, 5) is 11.8. The second-order valence-electron chi connectivity index (χ2n) is 6.72. The first-order chi connectivity index (χ1) is 8.82. The average molecular weight is 270 g/mol. The monoisotopic (exact) mass is 270 g/mol. The van der Waals surface area contributed by atoms with Crippen molar-refractivity contribution in [2.24, 2.45) is 11.1 Å². The molecule has 0 aromatic carbocycles. The van der Waals surface area contributed by atoms with Gasteiger partial charge in [-0.2, -0.15) is 0 Å². The SMILES string of the molecule is CCC(C)NC(=O)COC1(CN)CCC(C)(C)CC1. The van der Waals surface area contributed by atoms with Crippen LogP contribution in [0.5, 0.6) is 0 Å². The minimum absolute atomic E-state index is 0.0352. The van der Waals surface area contributed by atoms with E-state index in [1.165, 1.54) is 0 Å². The van der Waals surface area contributed by atoms with Gasteiger partial charge in [0.25, 0.3) is 0 Å². The van der Waals surface area contributed by atoms with E-state index in [2.05, 4.69) is 26.1 Å². The Morgan fingerprint density at radius 1 is 1.32 bits per heavy atom. The summed E-state index contributed by atoms with van der Waals surface area (Å²) in [6.45, 7) is 9.24. The summed E-state index contributed by atoms with van der Waals surface area (Å²) in [6, 6.07) is 0.204. The van der Waals surface area contributed by atoms with Gasteiger partial charge in [0.2, 0.25) is 5.91 Å². The van der Waals surface area contributed by atoms with Crippen LogP contribution in [0.3, 0.4) is 0 Å². The van der Waals surface area contributed by atoms with Crippen LogP contribution in [0.25, 0.3) is 0 Å². The average Bonchev–Trinajstić information content (AvgIpc) is 2.38. The van der Waals surface area contributed by atoms with Crippen molar-refractivity contribution >= 4 is 5.91 Å². The lowest BCUT2D eigenvalue weighted by Gasteiger charge is -2.42. The van der Waals surface area contributed by atoms with Crippen LogP contribution in [0.15, 0.2) is 0 Å². The molecule has 1 aliphatic rings. The molecule has 1 atom stereocenters. The lowest BCUT2D eigenvalue weighted by Crippen LogP contribution is -2.47. The molecular formula is C15H30N2O2. The minimum atomic E-state index is -0.289. The van der Waals surface area contributed by atoms with E-state index in [9.17, 15) is 4.79 Å². The molecule has 1 unspecified atom stereocenters. The van der Waals surface area contributed by atoms with Crippen LogP contribution in [0.2, 0.25) is 0 Å². The van der Waals surface area contributed by atoms with Crippen molar-refractivity contribution in [1.29, 1.82) is 0 Å². The zero-order valence-corrected chi connectivity index (χ0v) is 12.9. The topological polar surface area (TPSA) is 64.3 Å². The molecular weight excluding hydrogens is 240 g/mol. The van der Waals surface area contributed by atoms with Gasteiger partial charge in [-0.25, -0.2) is 0 Å². The summed E-state index contributed by atoms with van der Waals surface area (Å²) < 4.78 is 5.88. The number of nitrogens with two attached hydrogens (primary N) is 1. The van der Waals surface area contributed by atoms with Crippen LogP contribution >= 0.6 is 0 Å². The van der Waals surface area contributed by atoms with E-state index >= 15 is 0 Å². The van der Waals surface area contributed by atoms with Gasteiger partial charge in [0.05, 0.1) is 5.60 Å². The second kappa shape index (κ2) is 6.71. The second-order valence-corrected chi connectivity index (χ2v) is 6.72. The predicted octanol–water partition coefficient (Wildman–Crippen LogP) is 2.22. The number of ether oxygens (including phenoxy) is 1. The number of nitrogens with one attached hydrogen (secondary N) is 1. The lowest BCUT2D eigenvalue weighted by atomic mass is 9.71. The van der Waals surface area contributed by atoms with Gasteiger partial charge in [-0.3, -0.25) is 4.79 Å². The van der Waals surface area contributed by atoms with E-state index in [0.717, 1.165) is 32.1 Å². The molecule has 1 rings (SSSR count). The highest BCUT2D eigenvalue weighted by Crippen LogP contribution is 2.41. The molecule has 4 heteroatoms. The van der Waals surface area contributed by atoms with Gasteiger partial charge in [-0.05, 0) is 44.4 Å². The predicted molar refractivity (Wildman–Crippen MR) is 77.9 cm³/mol. The summed E-state index contributed by atoms with van der Waals surface area (Å²) in [7, 11) is 0. The Balaban J connectivity index is 2.43. The van der Waals surface area contributed by atoms with Crippen LogP contribution in [-0.2, 0) is 9.53 Å². The number of hydrogen-bond donors (Lipinski definition) is 2. The highest BCUT2D eigenvalue weighted by molar-refractivity contribution is 5.77. The summed E-state index contributed by atoms with van der Waals surface area (Å²) in [5.41, 5.74) is 5.97. The molecule has 0 bridgehead atoms. The number of hydrogen-bond acceptors (Lipinski definition) is 3. The quantitative estimate of drug-likeness (QED) is 0.778. The van der Waals surface area contributed by atoms with Crippen molar-refractivity contribution < 1.29 is 9.53 Å². The van der Waals surface area contributed by atoms with Crippen molar-refractivity contribution in [3.8, 4) is 0 Å². The number of carbonyl (C=O) groups excluding carboxylic acids is 1. The molecule has 1 fully saturated rings. The Morgan fingerprint density at radius 2 is 1.89 bits per heavy atom. The van der Waals surface area contributed by atoms with Crippen molar-refractivity contribution in [3.63, 3.8) is 0 Å². The van der Waals surface area contributed by atoms with Gasteiger partial charge >= 0.3 is 0 Å². The molecule has 0 spiro atoms. The summed E-state index contributed by atoms with van der Waals surface area (Å²) in [5.74, 6) is -0.0352. The van der Waals surface area contributed by atoms with Crippen LogP contribution in [-0.4, -0.2) is 30.7 Å². The molecule has 3 N–H and O–H groups in total. The fraction of sp³-hybridized carbons (Fsp3) is 0.933. The summed E-state index contributed by atoms with van der Waals surface area (Å²) in [6.07, 6.45) is 5.05. The van der Waals surface area contributed by atoms with Crippen LogP contribution in [0, 0.1) is 5.41 Å². The molecule has 112 valence electrons. The minimum Gasteiger partial charge on any atom is -0.364 e. The Labute approximate surface area is 117 Å². The molecule has 0 aromatic rings. The van der Waals surface area contributed by atoms with E-state index in [1.807, 2.05) is 6.92 Å². The first-order valence-electron chi connectivity index (χ1n) is 7.46. The molecule has 0 radical (unpaired) electrons. The smallest absolute Gasteiger partial charge is 0.246 e. The highest BCUT2D eigenvalue weighted by atomic mass is 16.5. The van der Waals surface area contributed by atoms with Crippen molar-refractivity contribution in [1.82, 2.24) is 5.32 Å². The first kappa shape index (κ1) is 16.4. The Morgan fingerprint density at radius 3 is 2.37 bits per heavy atom. The fourth-order valence-corrected chi connectivity index (χ4v) is 2.43. The number of amides is 1. The van der Waals surface area contributed by atoms with Gasteiger partial charge in [0.1, 0.15) is 6.61 Å². The molecule has 19 heavy (non-hydrogen) atoms. The molecule has 1 saturated carbocycles. The first-order valence-corrected chi connectivity index (χ1v) is 7.46.